The normalized spacial score (nSPS) is 21.8. The molecule has 0 aromatic rings. The minimum atomic E-state index is -0.194. The number of hydrogen-bond acceptors (Lipinski definition) is 3. The molecule has 0 unspecified atom stereocenters. The topological polar surface area (TPSA) is 56.1 Å². The van der Waals surface area contributed by atoms with Gasteiger partial charge >= 0.3 is 0 Å². The zero-order valence-corrected chi connectivity index (χ0v) is 11.5. The third kappa shape index (κ3) is 4.27. The standard InChI is InChI=1S/C15H23N3O/c16-11-13(12-18-9-5-2-6-10-18)15(19)17-14-7-3-1-4-8-14/h12,14H,1-10H2,(H,17,19)/b13-12-. The second kappa shape index (κ2) is 7.18. The highest BCUT2D eigenvalue weighted by molar-refractivity contribution is 5.97. The van der Waals surface area contributed by atoms with E-state index in [9.17, 15) is 4.79 Å². The van der Waals surface area contributed by atoms with Crippen LogP contribution in [0.5, 0.6) is 0 Å². The maximum Gasteiger partial charge on any atom is 0.263 e. The van der Waals surface area contributed by atoms with E-state index in [1.54, 1.807) is 6.20 Å². The molecular formula is C15H23N3O. The molecule has 0 atom stereocenters. The Bertz CT molecular complexity index is 371. The van der Waals surface area contributed by atoms with Gasteiger partial charge < -0.3 is 10.2 Å². The molecule has 0 aromatic heterocycles. The number of nitrogens with zero attached hydrogens (tertiary/aromatic N) is 2. The molecule has 1 aliphatic heterocycles. The van der Waals surface area contributed by atoms with E-state index in [0.717, 1.165) is 38.8 Å². The summed E-state index contributed by atoms with van der Waals surface area (Å²) in [5.74, 6) is -0.194. The molecule has 0 radical (unpaired) electrons. The van der Waals surface area contributed by atoms with Crippen LogP contribution in [0.3, 0.4) is 0 Å². The lowest BCUT2D eigenvalue weighted by Gasteiger charge is -2.26. The number of nitrogens with one attached hydrogen (secondary N) is 1. The van der Waals surface area contributed by atoms with Crippen molar-refractivity contribution in [2.75, 3.05) is 13.1 Å². The number of piperidine rings is 1. The molecule has 1 saturated heterocycles. The van der Waals surface area contributed by atoms with Crippen LogP contribution in [-0.2, 0) is 4.79 Å². The Kier molecular flexibility index (Phi) is 5.26. The largest absolute Gasteiger partial charge is 0.376 e. The Morgan fingerprint density at radius 3 is 2.37 bits per heavy atom. The van der Waals surface area contributed by atoms with Crippen LogP contribution < -0.4 is 5.32 Å². The van der Waals surface area contributed by atoms with Crippen molar-refractivity contribution >= 4 is 5.91 Å². The van der Waals surface area contributed by atoms with Crippen molar-refractivity contribution in [3.63, 3.8) is 0 Å². The SMILES string of the molecule is N#C/C(=C/N1CCCCC1)C(=O)NC1CCCCC1. The molecule has 0 spiro atoms. The van der Waals surface area contributed by atoms with Gasteiger partial charge in [-0.1, -0.05) is 19.3 Å². The summed E-state index contributed by atoms with van der Waals surface area (Å²) in [5.41, 5.74) is 0.257. The van der Waals surface area contributed by atoms with E-state index in [1.807, 2.05) is 6.07 Å². The first-order chi connectivity index (χ1) is 9.29. The van der Waals surface area contributed by atoms with E-state index in [0.29, 0.717) is 0 Å². The summed E-state index contributed by atoms with van der Waals surface area (Å²) in [7, 11) is 0. The van der Waals surface area contributed by atoms with Gasteiger partial charge in [0.05, 0.1) is 0 Å². The summed E-state index contributed by atoms with van der Waals surface area (Å²) >= 11 is 0. The third-order valence-electron chi connectivity index (χ3n) is 4.01. The van der Waals surface area contributed by atoms with Gasteiger partial charge in [0.1, 0.15) is 11.6 Å². The fourth-order valence-corrected chi connectivity index (χ4v) is 2.88. The summed E-state index contributed by atoms with van der Waals surface area (Å²) in [4.78, 5) is 14.2. The average molecular weight is 261 g/mol. The zero-order chi connectivity index (χ0) is 13.5. The predicted molar refractivity (Wildman–Crippen MR) is 74.1 cm³/mol. The number of carbonyl (C=O) groups excluding carboxylic acids is 1. The van der Waals surface area contributed by atoms with Crippen molar-refractivity contribution in [2.24, 2.45) is 0 Å². The Balaban J connectivity index is 1.90. The number of nitriles is 1. The van der Waals surface area contributed by atoms with E-state index in [4.69, 9.17) is 5.26 Å². The van der Waals surface area contributed by atoms with Crippen LogP contribution in [0, 0.1) is 11.3 Å². The van der Waals surface area contributed by atoms with Crippen LogP contribution in [-0.4, -0.2) is 29.9 Å². The smallest absolute Gasteiger partial charge is 0.263 e. The first kappa shape index (κ1) is 13.9. The van der Waals surface area contributed by atoms with Gasteiger partial charge in [-0.25, -0.2) is 0 Å². The van der Waals surface area contributed by atoms with E-state index in [1.165, 1.54) is 25.7 Å². The van der Waals surface area contributed by atoms with Crippen molar-refractivity contribution in [1.82, 2.24) is 10.2 Å². The van der Waals surface area contributed by atoms with Crippen molar-refractivity contribution in [2.45, 2.75) is 57.4 Å². The Morgan fingerprint density at radius 1 is 1.11 bits per heavy atom. The maximum absolute atomic E-state index is 12.1. The molecule has 1 amide bonds. The Labute approximate surface area is 115 Å². The molecule has 1 N–H and O–H groups in total. The molecule has 1 saturated carbocycles. The Hall–Kier alpha value is -1.50. The molecule has 2 fully saturated rings. The monoisotopic (exact) mass is 261 g/mol. The van der Waals surface area contributed by atoms with E-state index < -0.39 is 0 Å². The van der Waals surface area contributed by atoms with E-state index >= 15 is 0 Å². The zero-order valence-electron chi connectivity index (χ0n) is 11.5. The first-order valence-corrected chi connectivity index (χ1v) is 7.46. The van der Waals surface area contributed by atoms with Gasteiger partial charge in [-0.2, -0.15) is 5.26 Å². The van der Waals surface area contributed by atoms with Crippen molar-refractivity contribution < 1.29 is 4.79 Å². The highest BCUT2D eigenvalue weighted by Gasteiger charge is 2.19. The maximum atomic E-state index is 12.1. The van der Waals surface area contributed by atoms with E-state index in [-0.39, 0.29) is 17.5 Å². The molecule has 2 aliphatic rings. The summed E-state index contributed by atoms with van der Waals surface area (Å²) < 4.78 is 0. The van der Waals surface area contributed by atoms with Gasteiger partial charge in [0.2, 0.25) is 0 Å². The van der Waals surface area contributed by atoms with Gasteiger partial charge in [-0.3, -0.25) is 4.79 Å². The quantitative estimate of drug-likeness (QED) is 0.626. The van der Waals surface area contributed by atoms with Crippen LogP contribution in [0.2, 0.25) is 0 Å². The molecule has 4 heteroatoms. The van der Waals surface area contributed by atoms with Crippen LogP contribution in [0.15, 0.2) is 11.8 Å². The average Bonchev–Trinajstić information content (AvgIpc) is 2.47. The second-order valence-electron chi connectivity index (χ2n) is 5.56. The number of likely N-dealkylation sites (tertiary alicyclic amines) is 1. The molecule has 0 bridgehead atoms. The summed E-state index contributed by atoms with van der Waals surface area (Å²) in [6, 6.07) is 2.31. The minimum Gasteiger partial charge on any atom is -0.376 e. The molecule has 4 nitrogen and oxygen atoms in total. The number of rotatable bonds is 3. The molecule has 104 valence electrons. The lowest BCUT2D eigenvalue weighted by atomic mass is 9.95. The predicted octanol–water partition coefficient (Wildman–Crippen LogP) is 2.33. The van der Waals surface area contributed by atoms with Gasteiger partial charge in [0.15, 0.2) is 0 Å². The summed E-state index contributed by atoms with van der Waals surface area (Å²) in [6.45, 7) is 1.92. The van der Waals surface area contributed by atoms with Crippen molar-refractivity contribution in [3.8, 4) is 6.07 Å². The van der Waals surface area contributed by atoms with Crippen LogP contribution in [0.1, 0.15) is 51.4 Å². The third-order valence-corrected chi connectivity index (χ3v) is 4.01. The second-order valence-corrected chi connectivity index (χ2v) is 5.56. The Morgan fingerprint density at radius 2 is 1.74 bits per heavy atom. The summed E-state index contributed by atoms with van der Waals surface area (Å²) in [5, 5.41) is 12.2. The van der Waals surface area contributed by atoms with Gasteiger partial charge in [-0.05, 0) is 32.1 Å². The van der Waals surface area contributed by atoms with Crippen molar-refractivity contribution in [1.29, 1.82) is 5.26 Å². The fraction of sp³-hybridized carbons (Fsp3) is 0.733. The molecule has 1 heterocycles. The number of carbonyl (C=O) groups is 1. The molecule has 2 rings (SSSR count). The lowest BCUT2D eigenvalue weighted by molar-refractivity contribution is -0.118. The fourth-order valence-electron chi connectivity index (χ4n) is 2.88. The van der Waals surface area contributed by atoms with Crippen LogP contribution >= 0.6 is 0 Å². The van der Waals surface area contributed by atoms with Gasteiger partial charge in [0, 0.05) is 25.3 Å². The lowest BCUT2D eigenvalue weighted by Crippen LogP contribution is -2.37. The molecular weight excluding hydrogens is 238 g/mol. The van der Waals surface area contributed by atoms with Crippen LogP contribution in [0.4, 0.5) is 0 Å². The minimum absolute atomic E-state index is 0.194. The van der Waals surface area contributed by atoms with Crippen molar-refractivity contribution in [3.05, 3.63) is 11.8 Å². The molecule has 1 aliphatic carbocycles. The number of amides is 1. The van der Waals surface area contributed by atoms with Crippen LogP contribution in [0.25, 0.3) is 0 Å². The number of hydrogen-bond donors (Lipinski definition) is 1. The first-order valence-electron chi connectivity index (χ1n) is 7.46. The van der Waals surface area contributed by atoms with Gasteiger partial charge in [0.25, 0.3) is 5.91 Å². The van der Waals surface area contributed by atoms with Gasteiger partial charge in [-0.15, -0.1) is 0 Å². The molecule has 19 heavy (non-hydrogen) atoms. The highest BCUT2D eigenvalue weighted by atomic mass is 16.1. The molecule has 0 aromatic carbocycles. The summed E-state index contributed by atoms with van der Waals surface area (Å²) in [6.07, 6.45) is 11.0. The van der Waals surface area contributed by atoms with E-state index in [2.05, 4.69) is 10.2 Å². The highest BCUT2D eigenvalue weighted by Crippen LogP contribution is 2.18.